The third kappa shape index (κ3) is 3.68. The largest absolute Gasteiger partial charge is 0.494 e. The van der Waals surface area contributed by atoms with Gasteiger partial charge in [-0.2, -0.15) is 5.10 Å². The van der Waals surface area contributed by atoms with Crippen molar-refractivity contribution >= 4 is 23.0 Å². The van der Waals surface area contributed by atoms with Crippen LogP contribution in [0.15, 0.2) is 46.9 Å². The molecule has 0 fully saturated rings. The van der Waals surface area contributed by atoms with Crippen LogP contribution >= 0.6 is 11.3 Å². The molecule has 1 aromatic carbocycles. The van der Waals surface area contributed by atoms with Gasteiger partial charge in [0.15, 0.2) is 0 Å². The molecule has 0 aliphatic carbocycles. The summed E-state index contributed by atoms with van der Waals surface area (Å²) in [5.74, 6) is 0.520. The number of ether oxygens (including phenoxy) is 1. The molecule has 0 bridgehead atoms. The molecule has 2 aromatic rings. The maximum atomic E-state index is 11.9. The molecule has 1 amide bonds. The number of rotatable bonds is 5. The predicted molar refractivity (Wildman–Crippen MR) is 81.6 cm³/mol. The topological polar surface area (TPSA) is 50.7 Å². The lowest BCUT2D eigenvalue weighted by Gasteiger charge is -2.04. The van der Waals surface area contributed by atoms with Crippen LogP contribution in [0.2, 0.25) is 0 Å². The van der Waals surface area contributed by atoms with Gasteiger partial charge in [-0.1, -0.05) is 6.07 Å². The van der Waals surface area contributed by atoms with E-state index in [4.69, 9.17) is 4.74 Å². The zero-order valence-electron chi connectivity index (χ0n) is 11.4. The van der Waals surface area contributed by atoms with Gasteiger partial charge in [0.2, 0.25) is 0 Å². The fourth-order valence-corrected chi connectivity index (χ4v) is 2.28. The summed E-state index contributed by atoms with van der Waals surface area (Å²) < 4.78 is 5.33. The SMILES string of the molecule is CCOc1ccc(C(=O)NN=C(C)c2cccs2)cc1. The number of carbonyl (C=O) groups excluding carboxylic acids is 1. The second-order valence-corrected chi connectivity index (χ2v) is 5.02. The Morgan fingerprint density at radius 3 is 2.65 bits per heavy atom. The van der Waals surface area contributed by atoms with Gasteiger partial charge in [-0.15, -0.1) is 11.3 Å². The van der Waals surface area contributed by atoms with Crippen LogP contribution in [-0.2, 0) is 0 Å². The van der Waals surface area contributed by atoms with Crippen molar-refractivity contribution in [2.75, 3.05) is 6.61 Å². The molecular formula is C15H16N2O2S. The summed E-state index contributed by atoms with van der Waals surface area (Å²) in [5.41, 5.74) is 3.90. The van der Waals surface area contributed by atoms with Crippen LogP contribution in [0.1, 0.15) is 29.1 Å². The summed E-state index contributed by atoms with van der Waals surface area (Å²) in [6.45, 7) is 4.39. The van der Waals surface area contributed by atoms with Crippen LogP contribution in [0.4, 0.5) is 0 Å². The number of benzene rings is 1. The highest BCUT2D eigenvalue weighted by atomic mass is 32.1. The number of hydrogen-bond donors (Lipinski definition) is 1. The Morgan fingerprint density at radius 1 is 1.30 bits per heavy atom. The molecule has 5 heteroatoms. The molecule has 0 aliphatic rings. The Balaban J connectivity index is 1.99. The first-order valence-corrected chi connectivity index (χ1v) is 7.20. The van der Waals surface area contributed by atoms with E-state index in [2.05, 4.69) is 10.5 Å². The van der Waals surface area contributed by atoms with E-state index in [-0.39, 0.29) is 5.91 Å². The van der Waals surface area contributed by atoms with Gasteiger partial charge in [0.1, 0.15) is 5.75 Å². The summed E-state index contributed by atoms with van der Waals surface area (Å²) in [4.78, 5) is 13.0. The van der Waals surface area contributed by atoms with E-state index in [0.29, 0.717) is 12.2 Å². The van der Waals surface area contributed by atoms with Crippen molar-refractivity contribution in [3.05, 3.63) is 52.2 Å². The van der Waals surface area contributed by atoms with E-state index >= 15 is 0 Å². The van der Waals surface area contributed by atoms with Crippen LogP contribution < -0.4 is 10.2 Å². The second kappa shape index (κ2) is 6.86. The molecule has 1 aromatic heterocycles. The van der Waals surface area contributed by atoms with E-state index in [0.717, 1.165) is 16.3 Å². The minimum absolute atomic E-state index is 0.232. The summed E-state index contributed by atoms with van der Waals surface area (Å²) in [5, 5.41) is 6.07. The molecule has 0 saturated heterocycles. The summed E-state index contributed by atoms with van der Waals surface area (Å²) in [7, 11) is 0. The fourth-order valence-electron chi connectivity index (χ4n) is 1.61. The molecule has 104 valence electrons. The summed E-state index contributed by atoms with van der Waals surface area (Å²) in [6, 6.07) is 10.9. The number of hydrazone groups is 1. The van der Waals surface area contributed by atoms with Gasteiger partial charge < -0.3 is 4.74 Å². The van der Waals surface area contributed by atoms with E-state index < -0.39 is 0 Å². The van der Waals surface area contributed by atoms with Crippen molar-refractivity contribution in [2.45, 2.75) is 13.8 Å². The van der Waals surface area contributed by atoms with Crippen LogP contribution in [0, 0.1) is 0 Å². The number of nitrogens with one attached hydrogen (secondary N) is 1. The predicted octanol–water partition coefficient (Wildman–Crippen LogP) is 3.30. The van der Waals surface area contributed by atoms with Crippen LogP contribution in [0.25, 0.3) is 0 Å². The molecule has 1 N–H and O–H groups in total. The van der Waals surface area contributed by atoms with Crippen molar-refractivity contribution in [3.8, 4) is 5.75 Å². The van der Waals surface area contributed by atoms with E-state index in [1.807, 2.05) is 31.4 Å². The van der Waals surface area contributed by atoms with Gasteiger partial charge >= 0.3 is 0 Å². The third-order valence-electron chi connectivity index (χ3n) is 2.63. The van der Waals surface area contributed by atoms with Crippen LogP contribution in [0.5, 0.6) is 5.75 Å². The maximum Gasteiger partial charge on any atom is 0.271 e. The van der Waals surface area contributed by atoms with Crippen molar-refractivity contribution in [3.63, 3.8) is 0 Å². The smallest absolute Gasteiger partial charge is 0.271 e. The Hall–Kier alpha value is -2.14. The monoisotopic (exact) mass is 288 g/mol. The number of amides is 1. The molecule has 20 heavy (non-hydrogen) atoms. The third-order valence-corrected chi connectivity index (χ3v) is 3.61. The molecule has 0 unspecified atom stereocenters. The molecule has 0 spiro atoms. The van der Waals surface area contributed by atoms with Crippen molar-refractivity contribution in [1.82, 2.24) is 5.43 Å². The van der Waals surface area contributed by atoms with E-state index in [1.165, 1.54) is 0 Å². The second-order valence-electron chi connectivity index (χ2n) is 4.07. The quantitative estimate of drug-likeness (QED) is 0.678. The Labute approximate surface area is 122 Å². The van der Waals surface area contributed by atoms with Gasteiger partial charge in [0.05, 0.1) is 12.3 Å². The van der Waals surface area contributed by atoms with Gasteiger partial charge in [-0.3, -0.25) is 4.79 Å². The number of carbonyl (C=O) groups is 1. The minimum Gasteiger partial charge on any atom is -0.494 e. The average Bonchev–Trinajstić information content (AvgIpc) is 3.00. The fraction of sp³-hybridized carbons (Fsp3) is 0.200. The molecule has 4 nitrogen and oxygen atoms in total. The standard InChI is InChI=1S/C15H16N2O2S/c1-3-19-13-8-6-12(7-9-13)15(18)17-16-11(2)14-5-4-10-20-14/h4-10H,3H2,1-2H3,(H,17,18). The lowest BCUT2D eigenvalue weighted by Crippen LogP contribution is -2.19. The molecular weight excluding hydrogens is 272 g/mol. The normalized spacial score (nSPS) is 11.2. The van der Waals surface area contributed by atoms with Gasteiger partial charge in [-0.25, -0.2) is 5.43 Å². The lowest BCUT2D eigenvalue weighted by molar-refractivity contribution is 0.0955. The van der Waals surface area contributed by atoms with Gasteiger partial charge in [0, 0.05) is 10.4 Å². The molecule has 0 saturated carbocycles. The zero-order valence-corrected chi connectivity index (χ0v) is 12.2. The number of hydrogen-bond acceptors (Lipinski definition) is 4. The van der Waals surface area contributed by atoms with Crippen LogP contribution in [-0.4, -0.2) is 18.2 Å². The number of nitrogens with zero attached hydrogens (tertiary/aromatic N) is 1. The van der Waals surface area contributed by atoms with E-state index in [1.54, 1.807) is 35.6 Å². The molecule has 0 aliphatic heterocycles. The highest BCUT2D eigenvalue weighted by Crippen LogP contribution is 2.12. The Morgan fingerprint density at radius 2 is 2.05 bits per heavy atom. The first-order chi connectivity index (χ1) is 9.70. The highest BCUT2D eigenvalue weighted by Gasteiger charge is 2.05. The first-order valence-electron chi connectivity index (χ1n) is 6.32. The van der Waals surface area contributed by atoms with E-state index in [9.17, 15) is 4.79 Å². The molecule has 2 rings (SSSR count). The minimum atomic E-state index is -0.232. The van der Waals surface area contributed by atoms with Crippen molar-refractivity contribution < 1.29 is 9.53 Å². The van der Waals surface area contributed by atoms with Crippen molar-refractivity contribution in [1.29, 1.82) is 0 Å². The highest BCUT2D eigenvalue weighted by molar-refractivity contribution is 7.12. The number of thiophene rings is 1. The lowest BCUT2D eigenvalue weighted by atomic mass is 10.2. The summed E-state index contributed by atoms with van der Waals surface area (Å²) in [6.07, 6.45) is 0. The van der Waals surface area contributed by atoms with Crippen molar-refractivity contribution in [2.24, 2.45) is 5.10 Å². The van der Waals surface area contributed by atoms with Gasteiger partial charge in [-0.05, 0) is 49.6 Å². The average molecular weight is 288 g/mol. The maximum absolute atomic E-state index is 11.9. The zero-order chi connectivity index (χ0) is 14.4. The Bertz CT molecular complexity index is 589. The molecule has 0 atom stereocenters. The van der Waals surface area contributed by atoms with Crippen LogP contribution in [0.3, 0.4) is 0 Å². The summed E-state index contributed by atoms with van der Waals surface area (Å²) >= 11 is 1.59. The Kier molecular flexibility index (Phi) is 4.90. The molecule has 1 heterocycles. The molecule has 0 radical (unpaired) electrons. The van der Waals surface area contributed by atoms with Gasteiger partial charge in [0.25, 0.3) is 5.91 Å². The first kappa shape index (κ1) is 14.3.